The largest absolute Gasteiger partial charge is 0.616 e. The number of halogens is 2. The minimum Gasteiger partial charge on any atom is -0.616 e. The van der Waals surface area contributed by atoms with Crippen molar-refractivity contribution in [2.24, 2.45) is 0 Å². The Balaban J connectivity index is 1.05. The van der Waals surface area contributed by atoms with Gasteiger partial charge in [0.2, 0.25) is 11.9 Å². The molecular formula is C27H32F2N8O3S. The zero-order chi connectivity index (χ0) is 28.5. The summed E-state index contributed by atoms with van der Waals surface area (Å²) in [6.07, 6.45) is 2.58. The van der Waals surface area contributed by atoms with Crippen LogP contribution < -0.4 is 20.3 Å². The fourth-order valence-electron chi connectivity index (χ4n) is 5.14. The molecule has 6 rings (SSSR count). The normalized spacial score (nSPS) is 20.0. The second kappa shape index (κ2) is 11.7. The molecule has 0 bridgehead atoms. The van der Waals surface area contributed by atoms with Crippen LogP contribution in [0.25, 0.3) is 17.1 Å². The van der Waals surface area contributed by atoms with Crippen LogP contribution in [0.2, 0.25) is 0 Å². The molecule has 218 valence electrons. The van der Waals surface area contributed by atoms with Crippen LogP contribution in [0.3, 0.4) is 0 Å². The number of benzene rings is 1. The van der Waals surface area contributed by atoms with E-state index < -0.39 is 22.8 Å². The number of hydrogen-bond donors (Lipinski definition) is 1. The van der Waals surface area contributed by atoms with Gasteiger partial charge < -0.3 is 29.2 Å². The summed E-state index contributed by atoms with van der Waals surface area (Å²) in [6.45, 7) is 4.02. The average molecular weight is 587 g/mol. The number of rotatable bonds is 8. The summed E-state index contributed by atoms with van der Waals surface area (Å²) in [5.74, 6) is 1.16. The minimum absolute atomic E-state index is 0.0499. The monoisotopic (exact) mass is 586 g/mol. The standard InChI is InChI=1S/C27H32F2N8O3S/c1-34(27-31-25-16-21(23-3-2-12-39-23)33-37(25)26(30)32-27)6-7-35-8-10-36(11-9-35)22-17-24(20(29)15-19(22)28)40-18-4-13-41(38)14-5-18/h2-3,12,15-18H,4-11,13-14H2,1H3,(H2,30,31,32)/t18-,41+. The predicted molar refractivity (Wildman–Crippen MR) is 153 cm³/mol. The number of furan rings is 1. The van der Waals surface area contributed by atoms with Crippen molar-refractivity contribution >= 4 is 34.4 Å². The van der Waals surface area contributed by atoms with Crippen molar-refractivity contribution in [1.82, 2.24) is 24.5 Å². The molecule has 41 heavy (non-hydrogen) atoms. The van der Waals surface area contributed by atoms with E-state index in [2.05, 4.69) is 20.0 Å². The second-order valence-electron chi connectivity index (χ2n) is 10.3. The number of aromatic nitrogens is 4. The van der Waals surface area contributed by atoms with Crippen molar-refractivity contribution in [3.63, 3.8) is 0 Å². The highest BCUT2D eigenvalue weighted by Crippen LogP contribution is 2.31. The Labute approximate surface area is 239 Å². The predicted octanol–water partition coefficient (Wildman–Crippen LogP) is 2.79. The summed E-state index contributed by atoms with van der Waals surface area (Å²) < 4.78 is 53.7. The maximum Gasteiger partial charge on any atom is 0.230 e. The molecule has 0 amide bonds. The molecule has 2 aliphatic heterocycles. The molecule has 0 saturated carbocycles. The van der Waals surface area contributed by atoms with Gasteiger partial charge in [-0.2, -0.15) is 19.6 Å². The first kappa shape index (κ1) is 27.5. The van der Waals surface area contributed by atoms with Crippen molar-refractivity contribution < 1.29 is 22.5 Å². The lowest BCUT2D eigenvalue weighted by Gasteiger charge is -2.37. The maximum absolute atomic E-state index is 14.8. The quantitative estimate of drug-likeness (QED) is 0.308. The van der Waals surface area contributed by atoms with Gasteiger partial charge in [0.1, 0.15) is 29.1 Å². The van der Waals surface area contributed by atoms with Crippen molar-refractivity contribution in [2.75, 3.05) is 73.4 Å². The molecule has 2 fully saturated rings. The van der Waals surface area contributed by atoms with Crippen LogP contribution in [0, 0.1) is 11.6 Å². The number of nitrogens with zero attached hydrogens (tertiary/aromatic N) is 7. The van der Waals surface area contributed by atoms with Gasteiger partial charge in [0.05, 0.1) is 12.0 Å². The SMILES string of the molecule is CN(CCN1CCN(c2cc(O[C@H]3CC[S@@+]([O-])CC3)c(F)cc2F)CC1)c1nc(N)n2nc(-c3ccco3)cc2n1. The van der Waals surface area contributed by atoms with Gasteiger partial charge in [0, 0.05) is 77.4 Å². The Bertz CT molecular complexity index is 1490. The second-order valence-corrected chi connectivity index (χ2v) is 12.0. The molecule has 2 saturated heterocycles. The van der Waals surface area contributed by atoms with Crippen molar-refractivity contribution in [3.8, 4) is 17.2 Å². The Hall–Kier alpha value is -3.62. The molecule has 2 aliphatic rings. The van der Waals surface area contributed by atoms with Gasteiger partial charge in [-0.15, -0.1) is 0 Å². The van der Waals surface area contributed by atoms with Crippen LogP contribution >= 0.6 is 0 Å². The van der Waals surface area contributed by atoms with Crippen molar-refractivity contribution in [2.45, 2.75) is 18.9 Å². The number of likely N-dealkylation sites (N-methyl/N-ethyl adjacent to an activating group) is 1. The number of nitrogens with two attached hydrogens (primary N) is 1. The van der Waals surface area contributed by atoms with Gasteiger partial charge >= 0.3 is 0 Å². The molecule has 0 aliphatic carbocycles. The molecule has 11 nitrogen and oxygen atoms in total. The molecule has 14 heteroatoms. The molecule has 5 heterocycles. The van der Waals surface area contributed by atoms with Gasteiger partial charge in [-0.05, 0) is 12.1 Å². The van der Waals surface area contributed by atoms with E-state index in [-0.39, 0.29) is 17.8 Å². The Morgan fingerprint density at radius 2 is 1.90 bits per heavy atom. The summed E-state index contributed by atoms with van der Waals surface area (Å²) in [5, 5.41) is 4.43. The molecule has 1 aromatic carbocycles. The van der Waals surface area contributed by atoms with Crippen LogP contribution in [0.5, 0.6) is 5.75 Å². The zero-order valence-electron chi connectivity index (χ0n) is 22.7. The molecule has 4 aromatic rings. The van der Waals surface area contributed by atoms with E-state index >= 15 is 0 Å². The highest BCUT2D eigenvalue weighted by molar-refractivity contribution is 7.91. The number of hydrogen-bond acceptors (Lipinski definition) is 10. The van der Waals surface area contributed by atoms with Crippen LogP contribution in [-0.2, 0) is 11.2 Å². The topological polar surface area (TPSA) is 124 Å². The lowest BCUT2D eigenvalue weighted by molar-refractivity contribution is 0.181. The number of ether oxygens (including phenoxy) is 1. The summed E-state index contributed by atoms with van der Waals surface area (Å²) in [7, 11) is 1.91. The summed E-state index contributed by atoms with van der Waals surface area (Å²) in [6, 6.07) is 7.77. The molecule has 0 unspecified atom stereocenters. The zero-order valence-corrected chi connectivity index (χ0v) is 23.5. The Kier molecular flexibility index (Phi) is 7.86. The Morgan fingerprint density at radius 1 is 1.12 bits per heavy atom. The molecule has 3 aromatic heterocycles. The summed E-state index contributed by atoms with van der Waals surface area (Å²) in [4.78, 5) is 15.2. The summed E-state index contributed by atoms with van der Waals surface area (Å²) in [5.41, 5.74) is 7.69. The molecule has 0 radical (unpaired) electrons. The fraction of sp³-hybridized carbons (Fsp3) is 0.444. The molecule has 0 atom stereocenters. The molecule has 2 N–H and O–H groups in total. The smallest absolute Gasteiger partial charge is 0.230 e. The van der Waals surface area contributed by atoms with Gasteiger partial charge in [0.25, 0.3) is 0 Å². The fourth-order valence-corrected chi connectivity index (χ4v) is 6.39. The third-order valence-corrected chi connectivity index (χ3v) is 8.93. The molecule has 0 spiro atoms. The molecular weight excluding hydrogens is 554 g/mol. The number of nitrogen functional groups attached to an aromatic ring is 1. The van der Waals surface area contributed by atoms with Crippen LogP contribution in [-0.4, -0.2) is 93.0 Å². The van der Waals surface area contributed by atoms with E-state index in [1.54, 1.807) is 18.4 Å². The lowest BCUT2D eigenvalue weighted by atomic mass is 10.2. The highest BCUT2D eigenvalue weighted by Gasteiger charge is 2.26. The van der Waals surface area contributed by atoms with E-state index in [0.717, 1.165) is 12.6 Å². The van der Waals surface area contributed by atoms with Crippen molar-refractivity contribution in [1.29, 1.82) is 0 Å². The number of fused-ring (bicyclic) bond motifs is 1. The maximum atomic E-state index is 14.8. The first-order valence-electron chi connectivity index (χ1n) is 13.6. The van der Waals surface area contributed by atoms with Crippen molar-refractivity contribution in [3.05, 3.63) is 48.2 Å². The summed E-state index contributed by atoms with van der Waals surface area (Å²) >= 11 is -0.836. The van der Waals surface area contributed by atoms with Crippen LogP contribution in [0.15, 0.2) is 41.0 Å². The van der Waals surface area contributed by atoms with E-state index in [0.29, 0.717) is 85.8 Å². The first-order chi connectivity index (χ1) is 19.8. The third-order valence-electron chi connectivity index (χ3n) is 7.55. The van der Waals surface area contributed by atoms with Crippen LogP contribution in [0.4, 0.5) is 26.4 Å². The number of piperazine rings is 1. The van der Waals surface area contributed by atoms with E-state index in [9.17, 15) is 13.3 Å². The Morgan fingerprint density at radius 3 is 2.63 bits per heavy atom. The van der Waals surface area contributed by atoms with Crippen LogP contribution in [0.1, 0.15) is 12.8 Å². The van der Waals surface area contributed by atoms with Gasteiger partial charge in [0.15, 0.2) is 23.0 Å². The van der Waals surface area contributed by atoms with Gasteiger partial charge in [-0.1, -0.05) is 11.2 Å². The third kappa shape index (κ3) is 6.04. The van der Waals surface area contributed by atoms with E-state index in [1.165, 1.54) is 10.6 Å². The minimum atomic E-state index is -0.836. The number of anilines is 3. The van der Waals surface area contributed by atoms with E-state index in [4.69, 9.17) is 14.9 Å². The first-order valence-corrected chi connectivity index (χ1v) is 15.1. The average Bonchev–Trinajstić information content (AvgIpc) is 3.65. The van der Waals surface area contributed by atoms with E-state index in [1.807, 2.05) is 22.9 Å². The lowest BCUT2D eigenvalue weighted by Crippen LogP contribution is -2.48. The highest BCUT2D eigenvalue weighted by atomic mass is 32.2. The van der Waals surface area contributed by atoms with Gasteiger partial charge in [-0.3, -0.25) is 4.90 Å². The van der Waals surface area contributed by atoms with Gasteiger partial charge in [-0.25, -0.2) is 8.78 Å².